The van der Waals surface area contributed by atoms with Gasteiger partial charge in [0, 0.05) is 6.54 Å². The highest BCUT2D eigenvalue weighted by atomic mass is 16.3. The zero-order valence-corrected chi connectivity index (χ0v) is 9.69. The van der Waals surface area contributed by atoms with Crippen molar-refractivity contribution in [1.29, 1.82) is 0 Å². The molecule has 0 heterocycles. The molecular weight excluding hydrogens is 220 g/mol. The van der Waals surface area contributed by atoms with Gasteiger partial charge in [0.2, 0.25) is 5.91 Å². The number of carbonyl (C=O) groups excluding carboxylic acids is 2. The van der Waals surface area contributed by atoms with Crippen molar-refractivity contribution in [3.63, 3.8) is 0 Å². The van der Waals surface area contributed by atoms with Gasteiger partial charge in [-0.15, -0.1) is 0 Å². The Bertz CT molecular complexity index is 404. The van der Waals surface area contributed by atoms with E-state index in [2.05, 4.69) is 10.6 Å². The number of amides is 2. The quantitative estimate of drug-likeness (QED) is 0.702. The molecule has 0 aliphatic rings. The van der Waals surface area contributed by atoms with Crippen LogP contribution in [0.2, 0.25) is 0 Å². The van der Waals surface area contributed by atoms with Crippen LogP contribution in [0.15, 0.2) is 24.3 Å². The number of nitrogens with one attached hydrogen (secondary N) is 2. The minimum atomic E-state index is -0.463. The van der Waals surface area contributed by atoms with Crippen molar-refractivity contribution < 1.29 is 14.7 Å². The molecular formula is C12H16N2O3. The standard InChI is InChI=1S/C12H16N2O3/c1-2-7-13-11(16)8-14-12(17)9-5-3-4-6-10(9)15/h3-6,15H,2,7-8H2,1H3,(H,13,16)(H,14,17). The van der Waals surface area contributed by atoms with Crippen LogP contribution in [0.25, 0.3) is 0 Å². The number of aromatic hydroxyl groups is 1. The lowest BCUT2D eigenvalue weighted by molar-refractivity contribution is -0.120. The highest BCUT2D eigenvalue weighted by Crippen LogP contribution is 2.14. The third kappa shape index (κ3) is 4.14. The Morgan fingerprint density at radius 3 is 2.59 bits per heavy atom. The van der Waals surface area contributed by atoms with E-state index in [0.29, 0.717) is 6.54 Å². The smallest absolute Gasteiger partial charge is 0.255 e. The summed E-state index contributed by atoms with van der Waals surface area (Å²) in [6.45, 7) is 2.44. The lowest BCUT2D eigenvalue weighted by Crippen LogP contribution is -2.37. The molecule has 17 heavy (non-hydrogen) atoms. The van der Waals surface area contributed by atoms with Crippen molar-refractivity contribution in [2.24, 2.45) is 0 Å². The first kappa shape index (κ1) is 13.0. The fourth-order valence-electron chi connectivity index (χ4n) is 1.25. The Morgan fingerprint density at radius 1 is 1.24 bits per heavy atom. The van der Waals surface area contributed by atoms with E-state index >= 15 is 0 Å². The highest BCUT2D eigenvalue weighted by molar-refractivity contribution is 5.98. The summed E-state index contributed by atoms with van der Waals surface area (Å²) in [5, 5.41) is 14.5. The van der Waals surface area contributed by atoms with Gasteiger partial charge in [0.25, 0.3) is 5.91 Å². The van der Waals surface area contributed by atoms with Gasteiger partial charge >= 0.3 is 0 Å². The van der Waals surface area contributed by atoms with Gasteiger partial charge in [0.15, 0.2) is 0 Å². The lowest BCUT2D eigenvalue weighted by Gasteiger charge is -2.06. The first-order chi connectivity index (χ1) is 8.15. The number of hydrogen-bond donors (Lipinski definition) is 3. The summed E-state index contributed by atoms with van der Waals surface area (Å²) in [6, 6.07) is 6.19. The molecule has 0 unspecified atom stereocenters. The van der Waals surface area contributed by atoms with Crippen LogP contribution in [0.3, 0.4) is 0 Å². The summed E-state index contributed by atoms with van der Waals surface area (Å²) in [5.74, 6) is -0.802. The number of benzene rings is 1. The van der Waals surface area contributed by atoms with Gasteiger partial charge in [0.1, 0.15) is 5.75 Å². The molecule has 2 amide bonds. The summed E-state index contributed by atoms with van der Waals surface area (Å²) in [7, 11) is 0. The Hall–Kier alpha value is -2.04. The number of para-hydroxylation sites is 1. The van der Waals surface area contributed by atoms with Crippen LogP contribution in [0, 0.1) is 0 Å². The van der Waals surface area contributed by atoms with Gasteiger partial charge in [-0.05, 0) is 18.6 Å². The second-order valence-electron chi connectivity index (χ2n) is 3.55. The van der Waals surface area contributed by atoms with Crippen molar-refractivity contribution in [3.05, 3.63) is 29.8 Å². The number of phenolic OH excluding ortho intramolecular Hbond substituents is 1. The third-order valence-corrected chi connectivity index (χ3v) is 2.13. The van der Waals surface area contributed by atoms with Crippen LogP contribution in [0.1, 0.15) is 23.7 Å². The van der Waals surface area contributed by atoms with Crippen LogP contribution in [0.4, 0.5) is 0 Å². The second-order valence-corrected chi connectivity index (χ2v) is 3.55. The first-order valence-electron chi connectivity index (χ1n) is 5.48. The van der Waals surface area contributed by atoms with Crippen molar-refractivity contribution in [2.75, 3.05) is 13.1 Å². The SMILES string of the molecule is CCCNC(=O)CNC(=O)c1ccccc1O. The van der Waals surface area contributed by atoms with E-state index in [9.17, 15) is 14.7 Å². The Morgan fingerprint density at radius 2 is 1.94 bits per heavy atom. The molecule has 92 valence electrons. The zero-order chi connectivity index (χ0) is 12.7. The Kier molecular flexibility index (Phi) is 5.00. The first-order valence-corrected chi connectivity index (χ1v) is 5.48. The fraction of sp³-hybridized carbons (Fsp3) is 0.333. The molecule has 0 aliphatic carbocycles. The maximum absolute atomic E-state index is 11.6. The topological polar surface area (TPSA) is 78.4 Å². The van der Waals surface area contributed by atoms with E-state index < -0.39 is 5.91 Å². The largest absolute Gasteiger partial charge is 0.507 e. The van der Waals surface area contributed by atoms with Crippen LogP contribution < -0.4 is 10.6 Å². The molecule has 0 atom stereocenters. The molecule has 1 aromatic carbocycles. The lowest BCUT2D eigenvalue weighted by atomic mass is 10.2. The van der Waals surface area contributed by atoms with Crippen molar-refractivity contribution in [2.45, 2.75) is 13.3 Å². The third-order valence-electron chi connectivity index (χ3n) is 2.13. The molecule has 0 bridgehead atoms. The molecule has 0 aliphatic heterocycles. The van der Waals surface area contributed by atoms with Gasteiger partial charge in [-0.3, -0.25) is 9.59 Å². The van der Waals surface area contributed by atoms with E-state index in [-0.39, 0.29) is 23.8 Å². The van der Waals surface area contributed by atoms with Crippen LogP contribution in [-0.4, -0.2) is 30.0 Å². The molecule has 0 spiro atoms. The number of phenols is 1. The van der Waals surface area contributed by atoms with E-state index in [4.69, 9.17) is 0 Å². The molecule has 1 aromatic rings. The number of hydrogen-bond acceptors (Lipinski definition) is 3. The van der Waals surface area contributed by atoms with Gasteiger partial charge in [-0.25, -0.2) is 0 Å². The predicted octanol–water partition coefficient (Wildman–Crippen LogP) is 0.648. The van der Waals surface area contributed by atoms with Crippen molar-refractivity contribution in [1.82, 2.24) is 10.6 Å². The molecule has 3 N–H and O–H groups in total. The van der Waals surface area contributed by atoms with E-state index in [1.807, 2.05) is 6.92 Å². The maximum atomic E-state index is 11.6. The molecule has 1 rings (SSSR count). The van der Waals surface area contributed by atoms with E-state index in [0.717, 1.165) is 6.42 Å². The summed E-state index contributed by atoms with van der Waals surface area (Å²) in [4.78, 5) is 22.8. The minimum Gasteiger partial charge on any atom is -0.507 e. The van der Waals surface area contributed by atoms with Crippen molar-refractivity contribution >= 4 is 11.8 Å². The molecule has 0 saturated heterocycles. The van der Waals surface area contributed by atoms with Gasteiger partial charge in [-0.1, -0.05) is 19.1 Å². The van der Waals surface area contributed by atoms with Crippen LogP contribution in [0.5, 0.6) is 5.75 Å². The molecule has 0 saturated carbocycles. The van der Waals surface area contributed by atoms with E-state index in [1.165, 1.54) is 12.1 Å². The molecule has 5 heteroatoms. The molecule has 0 radical (unpaired) electrons. The monoisotopic (exact) mass is 236 g/mol. The highest BCUT2D eigenvalue weighted by Gasteiger charge is 2.10. The fourth-order valence-corrected chi connectivity index (χ4v) is 1.25. The van der Waals surface area contributed by atoms with Gasteiger partial charge in [-0.2, -0.15) is 0 Å². The van der Waals surface area contributed by atoms with Gasteiger partial charge in [0.05, 0.1) is 12.1 Å². The molecule has 0 aromatic heterocycles. The van der Waals surface area contributed by atoms with Gasteiger partial charge < -0.3 is 15.7 Å². The maximum Gasteiger partial charge on any atom is 0.255 e. The molecule has 0 fully saturated rings. The predicted molar refractivity (Wildman–Crippen MR) is 63.7 cm³/mol. The average Bonchev–Trinajstić information content (AvgIpc) is 2.34. The van der Waals surface area contributed by atoms with E-state index in [1.54, 1.807) is 12.1 Å². The number of carbonyl (C=O) groups is 2. The molecule has 5 nitrogen and oxygen atoms in total. The summed E-state index contributed by atoms with van der Waals surface area (Å²) < 4.78 is 0. The normalized spacial score (nSPS) is 9.71. The minimum absolute atomic E-state index is 0.0901. The van der Waals surface area contributed by atoms with Crippen molar-refractivity contribution in [3.8, 4) is 5.75 Å². The average molecular weight is 236 g/mol. The summed E-state index contributed by atoms with van der Waals surface area (Å²) >= 11 is 0. The summed E-state index contributed by atoms with van der Waals surface area (Å²) in [5.41, 5.74) is 0.163. The van der Waals surface area contributed by atoms with Crippen LogP contribution >= 0.6 is 0 Å². The Labute approximate surface area is 99.8 Å². The summed E-state index contributed by atoms with van der Waals surface area (Å²) in [6.07, 6.45) is 0.846. The Balaban J connectivity index is 2.45. The second kappa shape index (κ2) is 6.52. The number of rotatable bonds is 5. The zero-order valence-electron chi connectivity index (χ0n) is 9.69. The van der Waals surface area contributed by atoms with Crippen LogP contribution in [-0.2, 0) is 4.79 Å².